The summed E-state index contributed by atoms with van der Waals surface area (Å²) in [6.45, 7) is 0. The van der Waals surface area contributed by atoms with Gasteiger partial charge in [0.1, 0.15) is 11.9 Å². The van der Waals surface area contributed by atoms with E-state index in [-0.39, 0.29) is 48.1 Å². The second kappa shape index (κ2) is 12.9. The van der Waals surface area contributed by atoms with Gasteiger partial charge in [0.25, 0.3) is 0 Å². The van der Waals surface area contributed by atoms with Gasteiger partial charge in [-0.3, -0.25) is 9.59 Å². The van der Waals surface area contributed by atoms with Crippen LogP contribution in [0.25, 0.3) is 0 Å². The van der Waals surface area contributed by atoms with Crippen LogP contribution in [0.4, 0.5) is 4.39 Å². The molecule has 0 unspecified atom stereocenters. The smallest absolute Gasteiger partial charge is 0.414 e. The van der Waals surface area contributed by atoms with E-state index in [1.807, 2.05) is 25.2 Å². The van der Waals surface area contributed by atoms with E-state index in [2.05, 4.69) is 36.4 Å². The molecule has 0 aromatic heterocycles. The lowest BCUT2D eigenvalue weighted by Crippen LogP contribution is -2.43. The van der Waals surface area contributed by atoms with Crippen molar-refractivity contribution in [3.05, 3.63) is 107 Å². The highest BCUT2D eigenvalue weighted by atomic mass is 19.1. The average molecular weight is 562 g/mol. The molecule has 41 heavy (non-hydrogen) atoms. The van der Waals surface area contributed by atoms with Crippen LogP contribution in [0.1, 0.15) is 71.7 Å². The van der Waals surface area contributed by atoms with Crippen LogP contribution < -0.4 is 0 Å². The van der Waals surface area contributed by atoms with E-state index in [4.69, 9.17) is 24.5 Å². The zero-order valence-electron chi connectivity index (χ0n) is 22.7. The molecule has 1 amide bonds. The number of hydrogen-bond donors (Lipinski definition) is 2. The number of ether oxygens (including phenoxy) is 1. The Morgan fingerprint density at radius 2 is 1.44 bits per heavy atom. The molecule has 1 atom stereocenters. The Morgan fingerprint density at radius 3 is 2.05 bits per heavy atom. The fourth-order valence-electron chi connectivity index (χ4n) is 5.59. The molecule has 1 aliphatic heterocycles. The maximum atomic E-state index is 13.1. The standard InChI is InChI=1S/C30H30FNO3.C2H2O4/c1-32(28(34)16-15-27(33)21-11-13-23(31)14-12-21)24-17-19-30(20-18-24)26-10-6-5-9-25(26)29(35-30)22-7-3-2-4-8-22;3-1(4)2(5)6/h2-14,24,29H,15-20H2,1H3;(H,3,4)(H,5,6)/t24?,29-,30?;/m1./s1. The molecule has 1 aliphatic carbocycles. The predicted octanol–water partition coefficient (Wildman–Crippen LogP) is 5.36. The number of fused-ring (bicyclic) bond motifs is 2. The van der Waals surface area contributed by atoms with Crippen molar-refractivity contribution in [2.24, 2.45) is 0 Å². The molecular formula is C32H32FNO7. The number of benzene rings is 3. The summed E-state index contributed by atoms with van der Waals surface area (Å²) in [5, 5.41) is 14.8. The number of amides is 1. The molecule has 0 bridgehead atoms. The quantitative estimate of drug-likeness (QED) is 0.307. The fourth-order valence-corrected chi connectivity index (χ4v) is 5.59. The molecule has 5 rings (SSSR count). The number of halogens is 1. The minimum Gasteiger partial charge on any atom is -0.473 e. The molecule has 1 saturated carbocycles. The lowest BCUT2D eigenvalue weighted by molar-refractivity contribution is -0.159. The molecule has 3 aromatic carbocycles. The fraction of sp³-hybridized carbons (Fsp3) is 0.312. The van der Waals surface area contributed by atoms with E-state index in [0.717, 1.165) is 31.2 Å². The normalized spacial score (nSPS) is 20.8. The molecule has 8 nitrogen and oxygen atoms in total. The van der Waals surface area contributed by atoms with Gasteiger partial charge in [-0.15, -0.1) is 0 Å². The van der Waals surface area contributed by atoms with Gasteiger partial charge in [0.15, 0.2) is 5.78 Å². The Morgan fingerprint density at radius 1 is 0.854 bits per heavy atom. The van der Waals surface area contributed by atoms with Crippen LogP contribution in [0, 0.1) is 5.82 Å². The largest absolute Gasteiger partial charge is 0.473 e. The Bertz CT molecular complexity index is 1390. The Balaban J connectivity index is 0.000000585. The number of Topliss-reactive ketones (excluding diaryl/α,β-unsaturated/α-hetero) is 1. The van der Waals surface area contributed by atoms with Crippen molar-refractivity contribution < 1.29 is 38.5 Å². The van der Waals surface area contributed by atoms with Gasteiger partial charge in [-0.1, -0.05) is 54.6 Å². The molecule has 1 fully saturated rings. The van der Waals surface area contributed by atoms with E-state index < -0.39 is 11.9 Å². The molecule has 1 heterocycles. The summed E-state index contributed by atoms with van der Waals surface area (Å²) in [4.78, 5) is 45.3. The first kappa shape index (κ1) is 29.6. The van der Waals surface area contributed by atoms with Gasteiger partial charge in [0.05, 0.1) is 5.60 Å². The molecule has 0 saturated heterocycles. The second-order valence-electron chi connectivity index (χ2n) is 10.3. The summed E-state index contributed by atoms with van der Waals surface area (Å²) < 4.78 is 19.9. The molecule has 9 heteroatoms. The monoisotopic (exact) mass is 561 g/mol. The van der Waals surface area contributed by atoms with Crippen LogP contribution in [0.2, 0.25) is 0 Å². The first-order chi connectivity index (χ1) is 19.6. The van der Waals surface area contributed by atoms with Crippen molar-refractivity contribution in [1.29, 1.82) is 0 Å². The number of carboxylic acids is 2. The van der Waals surface area contributed by atoms with E-state index in [1.54, 1.807) is 4.90 Å². The lowest BCUT2D eigenvalue weighted by Gasteiger charge is -2.41. The highest BCUT2D eigenvalue weighted by Crippen LogP contribution is 2.53. The van der Waals surface area contributed by atoms with E-state index in [9.17, 15) is 14.0 Å². The van der Waals surface area contributed by atoms with Crippen molar-refractivity contribution in [2.45, 2.75) is 56.3 Å². The number of nitrogens with zero attached hydrogens (tertiary/aromatic N) is 1. The number of carbonyl (C=O) groups is 4. The minimum absolute atomic E-state index is 0.0312. The summed E-state index contributed by atoms with van der Waals surface area (Å²) in [6, 6.07) is 24.5. The van der Waals surface area contributed by atoms with Crippen molar-refractivity contribution >= 4 is 23.6 Å². The van der Waals surface area contributed by atoms with Gasteiger partial charge in [0, 0.05) is 31.5 Å². The zero-order chi connectivity index (χ0) is 29.6. The summed E-state index contributed by atoms with van der Waals surface area (Å²) in [6.07, 6.45) is 3.62. The molecule has 214 valence electrons. The number of aliphatic carboxylic acids is 2. The number of hydrogen-bond acceptors (Lipinski definition) is 5. The summed E-state index contributed by atoms with van der Waals surface area (Å²) in [7, 11) is 1.84. The summed E-state index contributed by atoms with van der Waals surface area (Å²) in [5.41, 5.74) is 3.78. The SMILES string of the molecule is CN(C(=O)CCC(=O)c1ccc(F)cc1)C1CCC2(CC1)O[C@H](c1ccccc1)c1ccccc12.O=C(O)C(=O)O. The highest BCUT2D eigenvalue weighted by Gasteiger charge is 2.47. The van der Waals surface area contributed by atoms with Crippen LogP contribution in [0.5, 0.6) is 0 Å². The predicted molar refractivity (Wildman–Crippen MR) is 148 cm³/mol. The Labute approximate surface area is 237 Å². The van der Waals surface area contributed by atoms with Crippen LogP contribution in [0.15, 0.2) is 78.9 Å². The molecule has 2 N–H and O–H groups in total. The average Bonchev–Trinajstić information content (AvgIpc) is 3.30. The second-order valence-corrected chi connectivity index (χ2v) is 10.3. The zero-order valence-corrected chi connectivity index (χ0v) is 22.7. The van der Waals surface area contributed by atoms with Crippen molar-refractivity contribution in [1.82, 2.24) is 4.90 Å². The topological polar surface area (TPSA) is 121 Å². The number of carboxylic acid groups (broad SMARTS) is 2. The number of ketones is 1. The maximum Gasteiger partial charge on any atom is 0.414 e. The molecule has 1 spiro atoms. The van der Waals surface area contributed by atoms with Crippen molar-refractivity contribution in [3.63, 3.8) is 0 Å². The highest BCUT2D eigenvalue weighted by molar-refractivity contribution is 6.27. The Hall–Kier alpha value is -4.37. The van der Waals surface area contributed by atoms with Gasteiger partial charge in [-0.05, 0) is 66.6 Å². The molecular weight excluding hydrogens is 529 g/mol. The number of carbonyl (C=O) groups excluding carboxylic acids is 2. The summed E-state index contributed by atoms with van der Waals surface area (Å²) >= 11 is 0. The third-order valence-corrected chi connectivity index (χ3v) is 7.80. The van der Waals surface area contributed by atoms with Crippen molar-refractivity contribution in [3.8, 4) is 0 Å². The van der Waals surface area contributed by atoms with E-state index >= 15 is 0 Å². The van der Waals surface area contributed by atoms with Crippen LogP contribution in [-0.4, -0.2) is 51.8 Å². The first-order valence-corrected chi connectivity index (χ1v) is 13.4. The van der Waals surface area contributed by atoms with Gasteiger partial charge in [-0.25, -0.2) is 14.0 Å². The summed E-state index contributed by atoms with van der Waals surface area (Å²) in [5.74, 6) is -4.20. The maximum absolute atomic E-state index is 13.1. The molecule has 2 aliphatic rings. The number of rotatable bonds is 6. The van der Waals surface area contributed by atoms with E-state index in [1.165, 1.54) is 35.4 Å². The van der Waals surface area contributed by atoms with Crippen molar-refractivity contribution in [2.75, 3.05) is 7.05 Å². The van der Waals surface area contributed by atoms with Gasteiger partial charge in [-0.2, -0.15) is 0 Å². The lowest BCUT2D eigenvalue weighted by atomic mass is 9.77. The van der Waals surface area contributed by atoms with E-state index in [0.29, 0.717) is 5.56 Å². The Kier molecular flexibility index (Phi) is 9.29. The third kappa shape index (κ3) is 6.86. The molecule has 0 radical (unpaired) electrons. The minimum atomic E-state index is -1.82. The third-order valence-electron chi connectivity index (χ3n) is 7.80. The molecule has 3 aromatic rings. The first-order valence-electron chi connectivity index (χ1n) is 13.4. The van der Waals surface area contributed by atoms with Crippen LogP contribution >= 0.6 is 0 Å². The van der Waals surface area contributed by atoms with Gasteiger partial charge >= 0.3 is 11.9 Å². The van der Waals surface area contributed by atoms with Crippen LogP contribution in [-0.2, 0) is 24.7 Å². The van der Waals surface area contributed by atoms with Gasteiger partial charge < -0.3 is 19.8 Å². The van der Waals surface area contributed by atoms with Gasteiger partial charge in [0.2, 0.25) is 5.91 Å². The van der Waals surface area contributed by atoms with Crippen LogP contribution in [0.3, 0.4) is 0 Å².